The molecule has 1 heterocycles. The number of benzene rings is 2. The van der Waals surface area contributed by atoms with E-state index >= 15 is 0 Å². The van der Waals surface area contributed by atoms with Crippen molar-refractivity contribution in [2.45, 2.75) is 31.6 Å². The third kappa shape index (κ3) is 3.93. The van der Waals surface area contributed by atoms with Crippen LogP contribution in [0.5, 0.6) is 0 Å². The quantitative estimate of drug-likeness (QED) is 0.463. The highest BCUT2D eigenvalue weighted by molar-refractivity contribution is 7.18. The van der Waals surface area contributed by atoms with Gasteiger partial charge in [-0.25, -0.2) is 4.98 Å². The first kappa shape index (κ1) is 17.9. The highest BCUT2D eigenvalue weighted by Gasteiger charge is 2.35. The minimum Gasteiger partial charge on any atom is -0.457 e. The lowest BCUT2D eigenvalue weighted by molar-refractivity contribution is -0.149. The predicted molar refractivity (Wildman–Crippen MR) is 106 cm³/mol. The number of ether oxygens (including phenoxy) is 1. The molecule has 0 saturated heterocycles. The van der Waals surface area contributed by atoms with Crippen LogP contribution < -0.4 is 0 Å². The summed E-state index contributed by atoms with van der Waals surface area (Å²) in [6.45, 7) is -0.202. The lowest BCUT2D eigenvalue weighted by atomic mass is 9.79. The zero-order valence-corrected chi connectivity index (χ0v) is 15.8. The zero-order chi connectivity index (χ0) is 18.6. The van der Waals surface area contributed by atoms with Crippen molar-refractivity contribution >= 4 is 33.3 Å². The molecule has 5 heteroatoms. The van der Waals surface area contributed by atoms with Crippen molar-refractivity contribution in [1.29, 1.82) is 0 Å². The van der Waals surface area contributed by atoms with E-state index in [2.05, 4.69) is 6.07 Å². The molecule has 4 rings (SSSR count). The fourth-order valence-corrected chi connectivity index (χ4v) is 4.88. The molecule has 4 nitrogen and oxygen atoms in total. The number of rotatable bonds is 5. The van der Waals surface area contributed by atoms with E-state index in [1.807, 2.05) is 24.3 Å². The van der Waals surface area contributed by atoms with Gasteiger partial charge < -0.3 is 4.74 Å². The van der Waals surface area contributed by atoms with Crippen molar-refractivity contribution in [1.82, 2.24) is 4.98 Å². The van der Waals surface area contributed by atoms with Crippen LogP contribution in [0.2, 0.25) is 0 Å². The average Bonchev–Trinajstić information content (AvgIpc) is 3.16. The number of hydrogen-bond donors (Lipinski definition) is 0. The highest BCUT2D eigenvalue weighted by Crippen LogP contribution is 2.41. The Labute approximate surface area is 162 Å². The number of carbonyl (C=O) groups is 2. The summed E-state index contributed by atoms with van der Waals surface area (Å²) >= 11 is 1.66. The van der Waals surface area contributed by atoms with E-state index in [1.54, 1.807) is 35.6 Å². The third-order valence-electron chi connectivity index (χ3n) is 5.14. The molecular weight excluding hydrogens is 358 g/mol. The van der Waals surface area contributed by atoms with Crippen molar-refractivity contribution in [2.24, 2.45) is 5.92 Å². The maximum Gasteiger partial charge on any atom is 0.310 e. The van der Waals surface area contributed by atoms with Gasteiger partial charge >= 0.3 is 5.97 Å². The monoisotopic (exact) mass is 379 g/mol. The van der Waals surface area contributed by atoms with Crippen LogP contribution in [0.4, 0.5) is 0 Å². The normalized spacial score (nSPS) is 19.7. The Morgan fingerprint density at radius 1 is 1.00 bits per heavy atom. The Balaban J connectivity index is 1.47. The minimum atomic E-state index is -0.275. The molecule has 0 bridgehead atoms. The molecule has 1 fully saturated rings. The topological polar surface area (TPSA) is 56.3 Å². The fourth-order valence-electron chi connectivity index (χ4n) is 3.71. The van der Waals surface area contributed by atoms with Crippen LogP contribution in [0.25, 0.3) is 10.2 Å². The molecule has 1 aliphatic rings. The van der Waals surface area contributed by atoms with Gasteiger partial charge in [-0.15, -0.1) is 11.3 Å². The van der Waals surface area contributed by atoms with Crippen LogP contribution in [-0.2, 0) is 9.53 Å². The number of thiazole rings is 1. The van der Waals surface area contributed by atoms with Gasteiger partial charge in [0, 0.05) is 11.5 Å². The number of Topliss-reactive ketones (excluding diaryl/α,β-unsaturated/α-hetero) is 1. The first-order chi connectivity index (χ1) is 13.2. The number of carbonyl (C=O) groups excluding carboxylic acids is 2. The molecule has 0 N–H and O–H groups in total. The van der Waals surface area contributed by atoms with Crippen LogP contribution in [0, 0.1) is 5.92 Å². The minimum absolute atomic E-state index is 0.0791. The molecule has 2 atom stereocenters. The molecule has 0 radical (unpaired) electrons. The maximum absolute atomic E-state index is 12.7. The van der Waals surface area contributed by atoms with E-state index in [1.165, 1.54) is 0 Å². The van der Waals surface area contributed by atoms with Crippen LogP contribution >= 0.6 is 11.3 Å². The Kier molecular flexibility index (Phi) is 5.30. The number of fused-ring (bicyclic) bond motifs is 1. The summed E-state index contributed by atoms with van der Waals surface area (Å²) < 4.78 is 6.55. The van der Waals surface area contributed by atoms with Crippen LogP contribution in [0.1, 0.15) is 47.0 Å². The highest BCUT2D eigenvalue weighted by atomic mass is 32.1. The van der Waals surface area contributed by atoms with Crippen molar-refractivity contribution in [3.63, 3.8) is 0 Å². The number of aromatic nitrogens is 1. The molecule has 0 unspecified atom stereocenters. The maximum atomic E-state index is 12.7. The molecule has 2 aromatic carbocycles. The van der Waals surface area contributed by atoms with Gasteiger partial charge in [0.05, 0.1) is 21.1 Å². The second kappa shape index (κ2) is 8.01. The van der Waals surface area contributed by atoms with E-state index in [9.17, 15) is 9.59 Å². The largest absolute Gasteiger partial charge is 0.457 e. The smallest absolute Gasteiger partial charge is 0.310 e. The second-order valence-corrected chi connectivity index (χ2v) is 7.98. The van der Waals surface area contributed by atoms with Crippen molar-refractivity contribution in [3.8, 4) is 0 Å². The molecule has 3 aromatic rings. The number of ketones is 1. The molecule has 1 aliphatic carbocycles. The van der Waals surface area contributed by atoms with Gasteiger partial charge in [0.1, 0.15) is 0 Å². The first-order valence-corrected chi connectivity index (χ1v) is 10.1. The molecule has 0 spiro atoms. The first-order valence-electron chi connectivity index (χ1n) is 9.33. The Bertz CT molecular complexity index is 917. The number of esters is 1. The standard InChI is InChI=1S/C22H21NO3S/c24-19(15-8-2-1-3-9-15)14-26-22(25)17-11-5-4-10-16(17)21-23-18-12-6-7-13-20(18)27-21/h1-3,6-9,12-13,16-17H,4-5,10-11,14H2/t16-,17-/m0/s1. The average molecular weight is 379 g/mol. The van der Waals surface area contributed by atoms with E-state index in [0.717, 1.165) is 40.9 Å². The van der Waals surface area contributed by atoms with Gasteiger partial charge in [-0.05, 0) is 25.0 Å². The van der Waals surface area contributed by atoms with Gasteiger partial charge in [-0.2, -0.15) is 0 Å². The van der Waals surface area contributed by atoms with Gasteiger partial charge in [0.15, 0.2) is 12.4 Å². The Morgan fingerprint density at radius 2 is 1.74 bits per heavy atom. The molecule has 1 aromatic heterocycles. The van der Waals surface area contributed by atoms with Crippen molar-refractivity contribution in [2.75, 3.05) is 6.61 Å². The predicted octanol–water partition coefficient (Wildman–Crippen LogP) is 5.00. The van der Waals surface area contributed by atoms with E-state index in [4.69, 9.17) is 9.72 Å². The van der Waals surface area contributed by atoms with Crippen LogP contribution in [0.15, 0.2) is 54.6 Å². The SMILES string of the molecule is O=C(COC(=O)[C@H]1CCCC[C@@H]1c1nc2ccccc2s1)c1ccccc1. The van der Waals surface area contributed by atoms with Crippen LogP contribution in [-0.4, -0.2) is 23.3 Å². The zero-order valence-electron chi connectivity index (χ0n) is 15.0. The summed E-state index contributed by atoms with van der Waals surface area (Å²) in [5.41, 5.74) is 1.55. The van der Waals surface area contributed by atoms with Crippen LogP contribution in [0.3, 0.4) is 0 Å². The van der Waals surface area contributed by atoms with E-state index in [0.29, 0.717) is 5.56 Å². The summed E-state index contributed by atoms with van der Waals surface area (Å²) in [6, 6.07) is 17.0. The fraction of sp³-hybridized carbons (Fsp3) is 0.318. The lowest BCUT2D eigenvalue weighted by Crippen LogP contribution is -2.29. The van der Waals surface area contributed by atoms with Gasteiger partial charge in [0.25, 0.3) is 0 Å². The second-order valence-electron chi connectivity index (χ2n) is 6.91. The van der Waals surface area contributed by atoms with Gasteiger partial charge in [0.2, 0.25) is 0 Å². The molecule has 0 amide bonds. The van der Waals surface area contributed by atoms with E-state index in [-0.39, 0.29) is 30.2 Å². The summed E-state index contributed by atoms with van der Waals surface area (Å²) in [5.74, 6) is -0.585. The van der Waals surface area contributed by atoms with Gasteiger partial charge in [-0.3, -0.25) is 9.59 Å². The summed E-state index contributed by atoms with van der Waals surface area (Å²) in [5, 5.41) is 1.01. The Hall–Kier alpha value is -2.53. The number of nitrogens with zero attached hydrogens (tertiary/aromatic N) is 1. The van der Waals surface area contributed by atoms with E-state index < -0.39 is 0 Å². The molecule has 138 valence electrons. The van der Waals surface area contributed by atoms with Crippen molar-refractivity contribution < 1.29 is 14.3 Å². The summed E-state index contributed by atoms with van der Waals surface area (Å²) in [7, 11) is 0. The summed E-state index contributed by atoms with van der Waals surface area (Å²) in [4.78, 5) is 29.7. The molecule has 0 aliphatic heterocycles. The number of hydrogen-bond acceptors (Lipinski definition) is 5. The lowest BCUT2D eigenvalue weighted by Gasteiger charge is -2.28. The molecule has 1 saturated carbocycles. The Morgan fingerprint density at radius 3 is 2.56 bits per heavy atom. The molecule has 27 heavy (non-hydrogen) atoms. The summed E-state index contributed by atoms with van der Waals surface area (Å²) in [6.07, 6.45) is 3.83. The number of para-hydroxylation sites is 1. The molecular formula is C22H21NO3S. The van der Waals surface area contributed by atoms with Gasteiger partial charge in [-0.1, -0.05) is 55.3 Å². The third-order valence-corrected chi connectivity index (χ3v) is 6.31. The van der Waals surface area contributed by atoms with Crippen molar-refractivity contribution in [3.05, 3.63) is 65.2 Å².